The molecule has 0 bridgehead atoms. The lowest BCUT2D eigenvalue weighted by molar-refractivity contribution is 0.0682. The molecule has 5 aromatic rings. The van der Waals surface area contributed by atoms with Gasteiger partial charge in [-0.3, -0.25) is 0 Å². The maximum Gasteiger partial charge on any atom is 0.343 e. The summed E-state index contributed by atoms with van der Waals surface area (Å²) < 4.78 is 23.1. The predicted octanol–water partition coefficient (Wildman–Crippen LogP) is 16.0. The number of hydrogen-bond donors (Lipinski definition) is 0. The maximum absolute atomic E-state index is 13.1. The Labute approximate surface area is 367 Å². The summed E-state index contributed by atoms with van der Waals surface area (Å²) in [7, 11) is 0. The first-order chi connectivity index (χ1) is 30.5. The highest BCUT2D eigenvalue weighted by atomic mass is 16.6. The van der Waals surface area contributed by atoms with Crippen LogP contribution in [0.1, 0.15) is 137 Å². The Hall–Kier alpha value is -6.16. The summed E-state index contributed by atoms with van der Waals surface area (Å²) in [6, 6.07) is 34.7. The molecule has 62 heavy (non-hydrogen) atoms. The van der Waals surface area contributed by atoms with Crippen LogP contribution in [0.25, 0.3) is 0 Å². The number of hydrogen-bond acceptors (Lipinski definition) is 10. The van der Waals surface area contributed by atoms with Crippen LogP contribution in [-0.4, -0.2) is 25.2 Å². The molecule has 0 aliphatic carbocycles. The number of ether oxygens (including phenoxy) is 4. The summed E-state index contributed by atoms with van der Waals surface area (Å²) in [5.74, 6) is 0.606. The molecule has 0 N–H and O–H groups in total. The first-order valence-electron chi connectivity index (χ1n) is 22.5. The van der Waals surface area contributed by atoms with E-state index < -0.39 is 11.9 Å². The third kappa shape index (κ3) is 17.4. The number of unbranched alkanes of at least 4 members (excludes halogenated alkanes) is 14. The van der Waals surface area contributed by atoms with Gasteiger partial charge in [-0.15, -0.1) is 0 Å². The average Bonchev–Trinajstić information content (AvgIpc) is 3.31. The van der Waals surface area contributed by atoms with Gasteiger partial charge in [0.1, 0.15) is 11.5 Å². The van der Waals surface area contributed by atoms with E-state index in [9.17, 15) is 9.59 Å². The lowest BCUT2D eigenvalue weighted by Crippen LogP contribution is -2.12. The van der Waals surface area contributed by atoms with E-state index in [0.29, 0.717) is 47.1 Å². The van der Waals surface area contributed by atoms with Crippen LogP contribution in [0.3, 0.4) is 0 Å². The van der Waals surface area contributed by atoms with Crippen molar-refractivity contribution < 1.29 is 28.5 Å². The molecule has 0 fully saturated rings. The number of carbonyl (C=O) groups is 2. The highest BCUT2D eigenvalue weighted by Crippen LogP contribution is 2.30. The summed E-state index contributed by atoms with van der Waals surface area (Å²) in [6.45, 7) is 5.90. The molecular weight excluding hydrogens is 777 g/mol. The minimum absolute atomic E-state index is 0.106. The van der Waals surface area contributed by atoms with Crippen molar-refractivity contribution in [3.05, 3.63) is 132 Å². The second-order valence-corrected chi connectivity index (χ2v) is 15.4. The number of carbonyl (C=O) groups excluding carboxylic acids is 2. The standard InChI is InChI=1S/C52H62N4O6/c1-3-5-7-9-11-13-15-19-39-59-47-35-31-45(32-36-47)55-53-43-27-23-41(24-28-43)51(57)61-49-21-17-18-22-50(49)62-52(58)42-25-29-44(30-26-42)54-56-46-33-37-48(38-34-46)60-40-20-16-14-12-10-8-6-4-2/h17-18,21-38H,3-16,19-20,39-40H2,1-2H3. The van der Waals surface area contributed by atoms with Crippen LogP contribution in [0.4, 0.5) is 22.7 Å². The Morgan fingerprint density at radius 1 is 0.371 bits per heavy atom. The molecule has 0 aromatic heterocycles. The fourth-order valence-corrected chi connectivity index (χ4v) is 6.57. The van der Waals surface area contributed by atoms with E-state index in [1.165, 1.54) is 89.9 Å². The zero-order chi connectivity index (χ0) is 43.5. The second-order valence-electron chi connectivity index (χ2n) is 15.4. The van der Waals surface area contributed by atoms with Crippen LogP contribution in [0.5, 0.6) is 23.0 Å². The monoisotopic (exact) mass is 838 g/mol. The third-order valence-electron chi connectivity index (χ3n) is 10.2. The fourth-order valence-electron chi connectivity index (χ4n) is 6.57. The van der Waals surface area contributed by atoms with Crippen LogP contribution in [0.2, 0.25) is 0 Å². The minimum Gasteiger partial charge on any atom is -0.494 e. The largest absolute Gasteiger partial charge is 0.494 e. The Morgan fingerprint density at radius 3 is 0.984 bits per heavy atom. The molecule has 0 saturated heterocycles. The summed E-state index contributed by atoms with van der Waals surface area (Å²) >= 11 is 0. The van der Waals surface area contributed by atoms with Gasteiger partial charge in [-0.05, 0) is 122 Å². The van der Waals surface area contributed by atoms with E-state index in [4.69, 9.17) is 18.9 Å². The summed E-state index contributed by atoms with van der Waals surface area (Å²) in [5.41, 5.74) is 3.11. The smallest absolute Gasteiger partial charge is 0.343 e. The van der Waals surface area contributed by atoms with Crippen LogP contribution in [-0.2, 0) is 0 Å². The predicted molar refractivity (Wildman–Crippen MR) is 247 cm³/mol. The summed E-state index contributed by atoms with van der Waals surface area (Å²) in [4.78, 5) is 26.2. The van der Waals surface area contributed by atoms with Gasteiger partial charge in [-0.25, -0.2) is 9.59 Å². The van der Waals surface area contributed by atoms with Gasteiger partial charge in [-0.1, -0.05) is 116 Å². The van der Waals surface area contributed by atoms with Gasteiger partial charge in [0.05, 0.1) is 47.1 Å². The molecule has 0 aliphatic rings. The maximum atomic E-state index is 13.1. The quantitative estimate of drug-likeness (QED) is 0.0214. The molecule has 0 amide bonds. The third-order valence-corrected chi connectivity index (χ3v) is 10.2. The van der Waals surface area contributed by atoms with Crippen molar-refractivity contribution in [2.24, 2.45) is 20.5 Å². The molecule has 0 unspecified atom stereocenters. The van der Waals surface area contributed by atoms with Crippen LogP contribution < -0.4 is 18.9 Å². The molecule has 0 saturated carbocycles. The number of rotatable bonds is 28. The van der Waals surface area contributed by atoms with Crippen molar-refractivity contribution in [2.45, 2.75) is 117 Å². The molecule has 5 aromatic carbocycles. The second kappa shape index (κ2) is 27.6. The molecule has 0 heterocycles. The van der Waals surface area contributed by atoms with E-state index in [2.05, 4.69) is 34.3 Å². The minimum atomic E-state index is -0.616. The zero-order valence-electron chi connectivity index (χ0n) is 36.5. The molecule has 5 rings (SSSR count). The van der Waals surface area contributed by atoms with Gasteiger partial charge in [-0.2, -0.15) is 20.5 Å². The molecule has 0 spiro atoms. The SMILES string of the molecule is CCCCCCCCCCOc1ccc(N=Nc2ccc(C(=O)Oc3ccccc3OC(=O)c3ccc(N=Nc4ccc(OCCCCCCCCCC)cc4)cc3)cc2)cc1. The van der Waals surface area contributed by atoms with Crippen LogP contribution >= 0.6 is 0 Å². The lowest BCUT2D eigenvalue weighted by atomic mass is 10.1. The number of azo groups is 2. The Balaban J connectivity index is 1.02. The first kappa shape index (κ1) is 46.9. The lowest BCUT2D eigenvalue weighted by Gasteiger charge is -2.10. The topological polar surface area (TPSA) is 121 Å². The van der Waals surface area contributed by atoms with Gasteiger partial charge < -0.3 is 18.9 Å². The van der Waals surface area contributed by atoms with Gasteiger partial charge in [0.2, 0.25) is 0 Å². The molecule has 0 atom stereocenters. The Morgan fingerprint density at radius 2 is 0.661 bits per heavy atom. The van der Waals surface area contributed by atoms with E-state index in [0.717, 1.165) is 24.3 Å². The molecular formula is C52H62N4O6. The van der Waals surface area contributed by atoms with E-state index in [1.807, 2.05) is 48.5 Å². The summed E-state index contributed by atoms with van der Waals surface area (Å²) in [5, 5.41) is 17.2. The van der Waals surface area contributed by atoms with Crippen molar-refractivity contribution in [1.82, 2.24) is 0 Å². The van der Waals surface area contributed by atoms with Gasteiger partial charge in [0.15, 0.2) is 11.5 Å². The first-order valence-corrected chi connectivity index (χ1v) is 22.5. The zero-order valence-corrected chi connectivity index (χ0v) is 36.5. The summed E-state index contributed by atoms with van der Waals surface area (Å²) in [6.07, 6.45) is 20.2. The molecule has 10 heteroatoms. The van der Waals surface area contributed by atoms with Crippen molar-refractivity contribution in [1.29, 1.82) is 0 Å². The number of nitrogens with zero attached hydrogens (tertiary/aromatic N) is 4. The average molecular weight is 839 g/mol. The van der Waals surface area contributed by atoms with Crippen molar-refractivity contribution in [3.63, 3.8) is 0 Å². The van der Waals surface area contributed by atoms with Crippen LogP contribution in [0.15, 0.2) is 142 Å². The number of para-hydroxylation sites is 2. The Kier molecular flexibility index (Phi) is 20.9. The van der Waals surface area contributed by atoms with Crippen molar-refractivity contribution >= 4 is 34.7 Å². The molecule has 10 nitrogen and oxygen atoms in total. The molecule has 0 radical (unpaired) electrons. The van der Waals surface area contributed by atoms with Gasteiger partial charge in [0.25, 0.3) is 0 Å². The fraction of sp³-hybridized carbons (Fsp3) is 0.385. The van der Waals surface area contributed by atoms with Crippen LogP contribution in [0, 0.1) is 0 Å². The molecule has 0 aliphatic heterocycles. The van der Waals surface area contributed by atoms with Gasteiger partial charge in [0, 0.05) is 0 Å². The highest BCUT2D eigenvalue weighted by molar-refractivity contribution is 5.93. The molecule has 326 valence electrons. The highest BCUT2D eigenvalue weighted by Gasteiger charge is 2.16. The van der Waals surface area contributed by atoms with Gasteiger partial charge >= 0.3 is 11.9 Å². The van der Waals surface area contributed by atoms with E-state index in [1.54, 1.807) is 72.8 Å². The number of benzene rings is 5. The normalized spacial score (nSPS) is 11.3. The van der Waals surface area contributed by atoms with E-state index >= 15 is 0 Å². The number of esters is 2. The van der Waals surface area contributed by atoms with E-state index in [-0.39, 0.29) is 11.5 Å². The van der Waals surface area contributed by atoms with Crippen molar-refractivity contribution in [2.75, 3.05) is 13.2 Å². The van der Waals surface area contributed by atoms with Crippen molar-refractivity contribution in [3.8, 4) is 23.0 Å². The Bertz CT molecular complexity index is 1950.